The Morgan fingerprint density at radius 1 is 1.07 bits per heavy atom. The maximum Gasteiger partial charge on any atom is 0.379 e. The van der Waals surface area contributed by atoms with Crippen LogP contribution in [0, 0.1) is 0 Å². The number of hydrogen-bond acceptors (Lipinski definition) is 9. The third-order valence-electron chi connectivity index (χ3n) is 7.14. The molecule has 0 fully saturated rings. The number of amides is 1. The smallest absolute Gasteiger partial charge is 0.379 e. The van der Waals surface area contributed by atoms with Gasteiger partial charge in [-0.2, -0.15) is 0 Å². The molecule has 2 aliphatic heterocycles. The molecule has 0 spiro atoms. The van der Waals surface area contributed by atoms with Gasteiger partial charge in [0, 0.05) is 12.1 Å². The van der Waals surface area contributed by atoms with Gasteiger partial charge in [0.25, 0.3) is 11.5 Å². The highest BCUT2D eigenvalue weighted by Gasteiger charge is 2.37. The van der Waals surface area contributed by atoms with Gasteiger partial charge in [0.15, 0.2) is 4.80 Å². The van der Waals surface area contributed by atoms with Crippen LogP contribution in [0.3, 0.4) is 0 Å². The van der Waals surface area contributed by atoms with Gasteiger partial charge in [0.2, 0.25) is 5.76 Å². The second-order valence-corrected chi connectivity index (χ2v) is 10.6. The molecular weight excluding hydrogens is 570 g/mol. The average Bonchev–Trinajstić information content (AvgIpc) is 3.72. The number of benzene rings is 2. The van der Waals surface area contributed by atoms with Gasteiger partial charge in [-0.25, -0.2) is 14.6 Å². The van der Waals surface area contributed by atoms with Crippen LogP contribution in [0.5, 0.6) is 5.75 Å². The van der Waals surface area contributed by atoms with Crippen LogP contribution < -0.4 is 24.5 Å². The summed E-state index contributed by atoms with van der Waals surface area (Å²) in [5, 5.41) is 0. The number of carbonyl (C=O) groups excluding carboxylic acids is 3. The molecule has 4 heterocycles. The Morgan fingerprint density at radius 2 is 1.84 bits per heavy atom. The lowest BCUT2D eigenvalue weighted by molar-refractivity contribution is -0.138. The quantitative estimate of drug-likeness (QED) is 0.182. The third kappa shape index (κ3) is 4.73. The van der Waals surface area contributed by atoms with Crippen LogP contribution in [0.1, 0.15) is 41.6 Å². The van der Waals surface area contributed by atoms with Crippen molar-refractivity contribution in [2.24, 2.45) is 4.99 Å². The molecule has 0 bridgehead atoms. The van der Waals surface area contributed by atoms with E-state index in [9.17, 15) is 19.2 Å². The zero-order valence-corrected chi connectivity index (χ0v) is 24.1. The topological polar surface area (TPSA) is 120 Å². The van der Waals surface area contributed by atoms with E-state index in [4.69, 9.17) is 13.9 Å². The van der Waals surface area contributed by atoms with E-state index in [1.165, 1.54) is 23.0 Å². The van der Waals surface area contributed by atoms with Crippen molar-refractivity contribution in [2.75, 3.05) is 18.1 Å². The van der Waals surface area contributed by atoms with Crippen molar-refractivity contribution in [3.8, 4) is 5.75 Å². The molecule has 1 unspecified atom stereocenters. The van der Waals surface area contributed by atoms with E-state index in [0.29, 0.717) is 33.7 Å². The van der Waals surface area contributed by atoms with Crippen LogP contribution >= 0.6 is 11.3 Å². The Hall–Kier alpha value is -5.29. The number of allylic oxidation sites excluding steroid dienone is 1. The van der Waals surface area contributed by atoms with E-state index in [1.54, 1.807) is 42.2 Å². The molecule has 6 rings (SSSR count). The molecule has 4 aromatic rings. The molecule has 10 nitrogen and oxygen atoms in total. The number of aromatic nitrogens is 1. The monoisotopic (exact) mass is 595 g/mol. The Bertz CT molecular complexity index is 2000. The summed E-state index contributed by atoms with van der Waals surface area (Å²) in [5.74, 6) is -1.30. The van der Waals surface area contributed by atoms with E-state index in [0.717, 1.165) is 17.0 Å². The van der Waals surface area contributed by atoms with E-state index in [-0.39, 0.29) is 34.1 Å². The lowest BCUT2D eigenvalue weighted by Gasteiger charge is -2.24. The van der Waals surface area contributed by atoms with E-state index in [1.807, 2.05) is 31.2 Å². The van der Waals surface area contributed by atoms with Gasteiger partial charge in [-0.05, 0) is 49.7 Å². The fraction of sp³-hybridized carbons (Fsp3) is 0.156. The second kappa shape index (κ2) is 11.2. The lowest BCUT2D eigenvalue weighted by atomic mass is 9.96. The summed E-state index contributed by atoms with van der Waals surface area (Å²) in [7, 11) is 0. The average molecular weight is 596 g/mol. The van der Waals surface area contributed by atoms with Crippen molar-refractivity contribution in [1.82, 2.24) is 4.57 Å². The van der Waals surface area contributed by atoms with Gasteiger partial charge in [-0.1, -0.05) is 54.3 Å². The molecule has 216 valence electrons. The normalized spacial score (nSPS) is 16.8. The zero-order valence-electron chi connectivity index (χ0n) is 23.2. The fourth-order valence-corrected chi connectivity index (χ4v) is 6.38. The fourth-order valence-electron chi connectivity index (χ4n) is 5.24. The van der Waals surface area contributed by atoms with Crippen LogP contribution in [0.15, 0.2) is 105 Å². The Balaban J connectivity index is 1.50. The van der Waals surface area contributed by atoms with Crippen molar-refractivity contribution in [1.29, 1.82) is 0 Å². The number of hydrogen-bond donors (Lipinski definition) is 0. The Morgan fingerprint density at radius 3 is 2.53 bits per heavy atom. The highest BCUT2D eigenvalue weighted by atomic mass is 32.1. The van der Waals surface area contributed by atoms with E-state index < -0.39 is 23.5 Å². The van der Waals surface area contributed by atoms with Gasteiger partial charge in [-0.3, -0.25) is 14.2 Å². The predicted molar refractivity (Wildman–Crippen MR) is 158 cm³/mol. The number of thiazole rings is 1. The van der Waals surface area contributed by atoms with Crippen molar-refractivity contribution in [3.63, 3.8) is 0 Å². The van der Waals surface area contributed by atoms with Crippen LogP contribution in [-0.2, 0) is 14.3 Å². The van der Waals surface area contributed by atoms with E-state index >= 15 is 0 Å². The first kappa shape index (κ1) is 27.9. The number of fused-ring (bicyclic) bond motifs is 2. The molecule has 11 heteroatoms. The minimum absolute atomic E-state index is 0.0310. The summed E-state index contributed by atoms with van der Waals surface area (Å²) < 4.78 is 17.5. The number of nitrogens with zero attached hydrogens (tertiary/aromatic N) is 3. The molecule has 0 saturated carbocycles. The molecule has 2 aromatic heterocycles. The molecule has 1 amide bonds. The van der Waals surface area contributed by atoms with Crippen molar-refractivity contribution in [2.45, 2.75) is 19.9 Å². The molecule has 0 N–H and O–H groups in total. The van der Waals surface area contributed by atoms with Crippen LogP contribution in [0.4, 0.5) is 5.69 Å². The highest BCUT2D eigenvalue weighted by Crippen LogP contribution is 2.35. The van der Waals surface area contributed by atoms with Gasteiger partial charge in [-0.15, -0.1) is 0 Å². The number of esters is 2. The highest BCUT2D eigenvalue weighted by molar-refractivity contribution is 7.07. The maximum absolute atomic E-state index is 14.2. The number of rotatable bonds is 7. The number of furan rings is 1. The molecule has 2 aliphatic rings. The van der Waals surface area contributed by atoms with Gasteiger partial charge in [0.1, 0.15) is 16.9 Å². The number of likely N-dealkylation sites (N-methyl/N-ethyl adjacent to an activating group) is 1. The summed E-state index contributed by atoms with van der Waals surface area (Å²) in [6.07, 6.45) is 2.82. The summed E-state index contributed by atoms with van der Waals surface area (Å²) >= 11 is 1.10. The Labute approximate surface area is 249 Å². The Kier molecular flexibility index (Phi) is 7.24. The predicted octanol–water partition coefficient (Wildman–Crippen LogP) is 3.51. The van der Waals surface area contributed by atoms with Gasteiger partial charge in [0.05, 0.1) is 34.8 Å². The van der Waals surface area contributed by atoms with Gasteiger partial charge >= 0.3 is 11.9 Å². The number of ether oxygens (including phenoxy) is 2. The largest absolute Gasteiger partial charge is 0.458 e. The van der Waals surface area contributed by atoms with Gasteiger partial charge < -0.3 is 18.8 Å². The molecule has 43 heavy (non-hydrogen) atoms. The number of carbonyl (C=O) groups is 3. The maximum atomic E-state index is 14.2. The summed E-state index contributed by atoms with van der Waals surface area (Å²) in [6, 6.07) is 15.9. The molecule has 1 atom stereocenters. The van der Waals surface area contributed by atoms with Crippen molar-refractivity contribution in [3.05, 3.63) is 127 Å². The minimum Gasteiger partial charge on any atom is -0.458 e. The van der Waals surface area contributed by atoms with Crippen LogP contribution in [-0.4, -0.2) is 35.6 Å². The SMILES string of the molecule is C=CCOC(=O)C1=C(C)N=c2sc(=C3C(=O)N(CC)c4ccccc43)c(=O)n2C1c1ccc(OC(=O)c2ccco2)cc1. The van der Waals surface area contributed by atoms with E-state index in [2.05, 4.69) is 11.6 Å². The lowest BCUT2D eigenvalue weighted by Crippen LogP contribution is -2.41. The first-order valence-electron chi connectivity index (χ1n) is 13.4. The number of anilines is 1. The molecular formula is C32H25N3O7S. The van der Waals surface area contributed by atoms with Crippen LogP contribution in [0.25, 0.3) is 5.57 Å². The molecule has 0 radical (unpaired) electrons. The standard InChI is InChI=1S/C32H25N3O7S/c1-4-16-41-31(39)24-18(3)33-32-35(26(24)19-12-14-20(15-13-19)42-30(38)23-11-8-17-40-23)29(37)27(43-32)25-21-9-6-7-10-22(21)34(5-2)28(25)36/h4,6-15,17,26H,1,5,16H2,2-3H3. The van der Waals surface area contributed by atoms with Crippen molar-refractivity contribution >= 4 is 40.4 Å². The first-order valence-corrected chi connectivity index (χ1v) is 14.3. The number of para-hydroxylation sites is 1. The minimum atomic E-state index is -0.924. The zero-order chi connectivity index (χ0) is 30.2. The third-order valence-corrected chi connectivity index (χ3v) is 8.20. The molecule has 0 saturated heterocycles. The molecule has 2 aromatic carbocycles. The first-order chi connectivity index (χ1) is 20.8. The summed E-state index contributed by atoms with van der Waals surface area (Å²) in [5.41, 5.74) is 2.33. The molecule has 0 aliphatic carbocycles. The van der Waals surface area contributed by atoms with Crippen LogP contribution in [0.2, 0.25) is 0 Å². The summed E-state index contributed by atoms with van der Waals surface area (Å²) in [4.78, 5) is 60.0. The van der Waals surface area contributed by atoms with Crippen molar-refractivity contribution < 1.29 is 28.3 Å². The second-order valence-electron chi connectivity index (χ2n) is 9.67. The summed E-state index contributed by atoms with van der Waals surface area (Å²) in [6.45, 7) is 7.56.